The summed E-state index contributed by atoms with van der Waals surface area (Å²) in [7, 11) is -4.20. The van der Waals surface area contributed by atoms with Gasteiger partial charge < -0.3 is 14.3 Å². The molecule has 0 fully saturated rings. The minimum atomic E-state index is -4.20. The SMILES string of the molecule is O=C(CNCP(=O)(O)O)NS(=O)[O-]. The molecule has 13 heavy (non-hydrogen) atoms. The Labute approximate surface area is 76.3 Å². The third-order valence-electron chi connectivity index (χ3n) is 0.801. The Balaban J connectivity index is 3.60. The molecule has 1 unspecified atom stereocenters. The predicted octanol–water partition coefficient (Wildman–Crippen LogP) is -2.38. The second-order valence-electron chi connectivity index (χ2n) is 2.01. The molecule has 0 aromatic heterocycles. The molecule has 1 atom stereocenters. The van der Waals surface area contributed by atoms with E-state index in [1.807, 2.05) is 0 Å². The summed E-state index contributed by atoms with van der Waals surface area (Å²) in [5.41, 5.74) is 0. The van der Waals surface area contributed by atoms with E-state index in [1.54, 1.807) is 0 Å². The highest BCUT2D eigenvalue weighted by molar-refractivity contribution is 7.77. The molecule has 0 aromatic rings. The van der Waals surface area contributed by atoms with Gasteiger partial charge in [0.15, 0.2) is 0 Å². The number of amides is 1. The molecule has 4 N–H and O–H groups in total. The average molecular weight is 231 g/mol. The number of hydrogen-bond donors (Lipinski definition) is 4. The molecule has 0 bridgehead atoms. The Bertz CT molecular complexity index is 250. The molecule has 0 saturated heterocycles. The smallest absolute Gasteiger partial charge is 0.339 e. The zero-order valence-corrected chi connectivity index (χ0v) is 8.01. The van der Waals surface area contributed by atoms with Gasteiger partial charge in [0.25, 0.3) is 0 Å². The van der Waals surface area contributed by atoms with Crippen molar-refractivity contribution < 1.29 is 27.9 Å². The molecule has 0 aliphatic rings. The number of carbonyl (C=O) groups excluding carboxylic acids is 1. The predicted molar refractivity (Wildman–Crippen MR) is 42.0 cm³/mol. The van der Waals surface area contributed by atoms with Gasteiger partial charge in [-0.3, -0.25) is 23.6 Å². The highest BCUT2D eigenvalue weighted by Gasteiger charge is 2.12. The highest BCUT2D eigenvalue weighted by atomic mass is 32.2. The highest BCUT2D eigenvalue weighted by Crippen LogP contribution is 2.31. The van der Waals surface area contributed by atoms with E-state index in [2.05, 4.69) is 5.32 Å². The van der Waals surface area contributed by atoms with Gasteiger partial charge in [-0.2, -0.15) is 0 Å². The van der Waals surface area contributed by atoms with E-state index in [4.69, 9.17) is 9.79 Å². The first-order valence-electron chi connectivity index (χ1n) is 2.95. The Morgan fingerprint density at radius 3 is 2.46 bits per heavy atom. The summed E-state index contributed by atoms with van der Waals surface area (Å²) in [5.74, 6) is -0.887. The minimum Gasteiger partial charge on any atom is -0.755 e. The van der Waals surface area contributed by atoms with Crippen LogP contribution < -0.4 is 10.0 Å². The summed E-state index contributed by atoms with van der Waals surface area (Å²) in [4.78, 5) is 27.1. The van der Waals surface area contributed by atoms with Crippen LogP contribution in [-0.2, 0) is 20.6 Å². The van der Waals surface area contributed by atoms with Crippen molar-refractivity contribution in [2.24, 2.45) is 0 Å². The normalized spacial score (nSPS) is 13.8. The molecule has 8 nitrogen and oxygen atoms in total. The van der Waals surface area contributed by atoms with E-state index < -0.39 is 37.6 Å². The summed E-state index contributed by atoms with van der Waals surface area (Å²) in [6.07, 6.45) is -0.675. The molecule has 0 rings (SSSR count). The van der Waals surface area contributed by atoms with Crippen molar-refractivity contribution in [2.75, 3.05) is 12.8 Å². The summed E-state index contributed by atoms with van der Waals surface area (Å²) < 4.78 is 31.4. The average Bonchev–Trinajstić information content (AvgIpc) is 1.81. The van der Waals surface area contributed by atoms with Crippen molar-refractivity contribution in [3.05, 3.63) is 0 Å². The lowest BCUT2D eigenvalue weighted by Gasteiger charge is -2.08. The number of carbonyl (C=O) groups is 1. The summed E-state index contributed by atoms with van der Waals surface area (Å²) in [6, 6.07) is 0. The van der Waals surface area contributed by atoms with Gasteiger partial charge in [0, 0.05) is 11.3 Å². The molecule has 78 valence electrons. The summed E-state index contributed by atoms with van der Waals surface area (Å²) >= 11 is -2.70. The fraction of sp³-hybridized carbons (Fsp3) is 0.667. The van der Waals surface area contributed by atoms with Crippen LogP contribution in [0.3, 0.4) is 0 Å². The third-order valence-corrected chi connectivity index (χ3v) is 1.83. The number of hydrogen-bond acceptors (Lipinski definition) is 5. The van der Waals surface area contributed by atoms with Crippen molar-refractivity contribution in [3.8, 4) is 0 Å². The molecule has 0 saturated carbocycles. The molecule has 0 aromatic carbocycles. The standard InChI is InChI=1S/C3H9N2O6PS/c6-3(5-13(10)11)1-4-2-12(7,8)9/h4H,1-2H2,(H,5,6)(H,10,11)(H2,7,8,9)/p-1. The Hall–Kier alpha value is -0.310. The van der Waals surface area contributed by atoms with Crippen LogP contribution in [0.5, 0.6) is 0 Å². The third kappa shape index (κ3) is 9.61. The van der Waals surface area contributed by atoms with Crippen LogP contribution in [0.25, 0.3) is 0 Å². The van der Waals surface area contributed by atoms with E-state index in [-0.39, 0.29) is 0 Å². The first kappa shape index (κ1) is 12.7. The number of rotatable bonds is 5. The van der Waals surface area contributed by atoms with Gasteiger partial charge in [-0.15, -0.1) is 0 Å². The molecule has 0 spiro atoms. The molecular formula is C3H8N2O6PS-. The van der Waals surface area contributed by atoms with E-state index in [9.17, 15) is 18.1 Å². The van der Waals surface area contributed by atoms with Gasteiger partial charge in [0.2, 0.25) is 5.91 Å². The van der Waals surface area contributed by atoms with Crippen LogP contribution in [-0.4, -0.2) is 37.3 Å². The molecule has 0 aliphatic heterocycles. The van der Waals surface area contributed by atoms with Gasteiger partial charge in [-0.25, -0.2) is 0 Å². The van der Waals surface area contributed by atoms with E-state index in [0.29, 0.717) is 0 Å². The summed E-state index contributed by atoms with van der Waals surface area (Å²) in [6.45, 7) is -0.473. The fourth-order valence-electron chi connectivity index (χ4n) is 0.444. The zero-order valence-electron chi connectivity index (χ0n) is 6.30. The maximum atomic E-state index is 10.5. The van der Waals surface area contributed by atoms with Crippen LogP contribution in [0, 0.1) is 0 Å². The quantitative estimate of drug-likeness (QED) is 0.306. The van der Waals surface area contributed by atoms with Gasteiger partial charge in [-0.05, 0) is 0 Å². The topological polar surface area (TPSA) is 139 Å². The first-order chi connectivity index (χ1) is 5.81. The first-order valence-corrected chi connectivity index (χ1v) is 5.82. The van der Waals surface area contributed by atoms with Crippen molar-refractivity contribution >= 4 is 24.8 Å². The van der Waals surface area contributed by atoms with Crippen molar-refractivity contribution in [2.45, 2.75) is 0 Å². The van der Waals surface area contributed by atoms with Crippen molar-refractivity contribution in [1.82, 2.24) is 10.0 Å². The van der Waals surface area contributed by atoms with E-state index >= 15 is 0 Å². The van der Waals surface area contributed by atoms with Crippen LogP contribution in [0.1, 0.15) is 0 Å². The summed E-state index contributed by atoms with van der Waals surface area (Å²) in [5, 5.41) is 2.08. The van der Waals surface area contributed by atoms with Crippen molar-refractivity contribution in [1.29, 1.82) is 0 Å². The molecule has 1 amide bonds. The maximum Gasteiger partial charge on any atom is 0.339 e. The van der Waals surface area contributed by atoms with E-state index in [0.717, 1.165) is 0 Å². The Morgan fingerprint density at radius 1 is 1.54 bits per heavy atom. The lowest BCUT2D eigenvalue weighted by atomic mass is 10.6. The van der Waals surface area contributed by atoms with Gasteiger partial charge in [0.05, 0.1) is 12.8 Å². The maximum absolute atomic E-state index is 10.5. The van der Waals surface area contributed by atoms with Crippen molar-refractivity contribution in [3.63, 3.8) is 0 Å². The molecule has 0 radical (unpaired) electrons. The second-order valence-corrected chi connectivity index (χ2v) is 4.33. The zero-order chi connectivity index (χ0) is 10.5. The van der Waals surface area contributed by atoms with Crippen LogP contribution >= 0.6 is 7.60 Å². The number of nitrogens with one attached hydrogen (secondary N) is 2. The van der Waals surface area contributed by atoms with Gasteiger partial charge in [0.1, 0.15) is 0 Å². The molecule has 0 heterocycles. The van der Waals surface area contributed by atoms with Crippen LogP contribution in [0.2, 0.25) is 0 Å². The van der Waals surface area contributed by atoms with Gasteiger partial charge in [-0.1, -0.05) is 0 Å². The van der Waals surface area contributed by atoms with Crippen LogP contribution in [0.15, 0.2) is 0 Å². The monoisotopic (exact) mass is 231 g/mol. The largest absolute Gasteiger partial charge is 0.755 e. The van der Waals surface area contributed by atoms with Crippen LogP contribution in [0.4, 0.5) is 0 Å². The fourth-order valence-corrected chi connectivity index (χ4v) is 1.11. The minimum absolute atomic E-state index is 0.473. The van der Waals surface area contributed by atoms with E-state index in [1.165, 1.54) is 4.72 Å². The lowest BCUT2D eigenvalue weighted by Crippen LogP contribution is -2.35. The molecule has 10 heteroatoms. The lowest BCUT2D eigenvalue weighted by molar-refractivity contribution is -0.118. The Morgan fingerprint density at radius 2 is 2.08 bits per heavy atom. The van der Waals surface area contributed by atoms with Gasteiger partial charge >= 0.3 is 7.60 Å². The Kier molecular flexibility index (Phi) is 5.30. The molecule has 0 aliphatic carbocycles. The molecular weight excluding hydrogens is 223 g/mol. The second kappa shape index (κ2) is 5.43.